The van der Waals surface area contributed by atoms with E-state index in [1.54, 1.807) is 49.4 Å². The summed E-state index contributed by atoms with van der Waals surface area (Å²) in [6.45, 7) is 4.12. The Morgan fingerprint density at radius 1 is 1.03 bits per heavy atom. The van der Waals surface area contributed by atoms with Crippen molar-refractivity contribution in [1.82, 2.24) is 0 Å². The van der Waals surface area contributed by atoms with Crippen molar-refractivity contribution in [1.29, 1.82) is 0 Å². The van der Waals surface area contributed by atoms with Gasteiger partial charge in [-0.15, -0.1) is 0 Å². The second kappa shape index (κ2) is 10.2. The van der Waals surface area contributed by atoms with Crippen molar-refractivity contribution in [3.05, 3.63) is 42.5 Å². The Morgan fingerprint density at radius 3 is 2.17 bits per heavy atom. The van der Waals surface area contributed by atoms with Gasteiger partial charge in [0.25, 0.3) is 0 Å². The lowest BCUT2D eigenvalue weighted by atomic mass is 10.1. The molecule has 0 spiro atoms. The largest absolute Gasteiger partial charge is 0.494 e. The first-order valence-corrected chi connectivity index (χ1v) is 11.3. The average molecular weight is 437 g/mol. The molecule has 0 fully saturated rings. The van der Waals surface area contributed by atoms with E-state index in [0.717, 1.165) is 10.6 Å². The molecule has 9 heteroatoms. The molecule has 1 amide bonds. The summed E-state index contributed by atoms with van der Waals surface area (Å²) < 4.78 is 42.1. The van der Waals surface area contributed by atoms with Crippen LogP contribution in [-0.4, -0.2) is 47.4 Å². The summed E-state index contributed by atoms with van der Waals surface area (Å²) in [4.78, 5) is 13.0. The summed E-state index contributed by atoms with van der Waals surface area (Å²) in [6, 6.07) is 10.6. The molecule has 1 atom stereocenters. The van der Waals surface area contributed by atoms with Gasteiger partial charge in [0.1, 0.15) is 11.8 Å². The summed E-state index contributed by atoms with van der Waals surface area (Å²) in [6.07, 6.45) is 1.36. The van der Waals surface area contributed by atoms with Gasteiger partial charge in [-0.05, 0) is 49.7 Å². The topological polar surface area (TPSA) is 94.2 Å². The first-order valence-electron chi connectivity index (χ1n) is 9.50. The van der Waals surface area contributed by atoms with Crippen molar-refractivity contribution in [2.45, 2.75) is 26.3 Å². The number of methoxy groups -OCH3 is 2. The molecular weight excluding hydrogens is 408 g/mol. The van der Waals surface area contributed by atoms with Gasteiger partial charge in [-0.3, -0.25) is 9.10 Å². The predicted molar refractivity (Wildman–Crippen MR) is 117 cm³/mol. The van der Waals surface area contributed by atoms with Gasteiger partial charge >= 0.3 is 0 Å². The van der Waals surface area contributed by atoms with Crippen molar-refractivity contribution in [2.24, 2.45) is 0 Å². The Morgan fingerprint density at radius 2 is 1.67 bits per heavy atom. The molecule has 0 aliphatic heterocycles. The Hall–Kier alpha value is -2.94. The molecule has 1 N–H and O–H groups in total. The number of amides is 1. The maximum absolute atomic E-state index is 13.0. The van der Waals surface area contributed by atoms with Crippen molar-refractivity contribution in [3.8, 4) is 17.2 Å². The average Bonchev–Trinajstić information content (AvgIpc) is 2.71. The van der Waals surface area contributed by atoms with Crippen LogP contribution in [0.15, 0.2) is 42.5 Å². The second-order valence-corrected chi connectivity index (χ2v) is 8.33. The molecule has 0 aliphatic rings. The van der Waals surface area contributed by atoms with E-state index in [9.17, 15) is 13.2 Å². The van der Waals surface area contributed by atoms with Gasteiger partial charge in [-0.1, -0.05) is 6.92 Å². The fourth-order valence-corrected chi connectivity index (χ4v) is 4.27. The number of anilines is 2. The SMILES string of the molecule is CCOc1ccc(N(C(CC)C(=O)Nc2ccc(OC)c(OC)c2)S(C)(=O)=O)cc1. The summed E-state index contributed by atoms with van der Waals surface area (Å²) in [5.74, 6) is 1.14. The third-order valence-corrected chi connectivity index (χ3v) is 5.56. The smallest absolute Gasteiger partial charge is 0.248 e. The quantitative estimate of drug-likeness (QED) is 0.614. The fourth-order valence-electron chi connectivity index (χ4n) is 3.06. The minimum Gasteiger partial charge on any atom is -0.494 e. The van der Waals surface area contributed by atoms with Gasteiger partial charge in [0.2, 0.25) is 15.9 Å². The number of benzene rings is 2. The number of nitrogens with zero attached hydrogens (tertiary/aromatic N) is 1. The molecule has 1 unspecified atom stereocenters. The van der Waals surface area contributed by atoms with Crippen LogP contribution in [0.2, 0.25) is 0 Å². The number of ether oxygens (including phenoxy) is 3. The Labute approximate surface area is 177 Å². The van der Waals surface area contributed by atoms with E-state index >= 15 is 0 Å². The zero-order valence-corrected chi connectivity index (χ0v) is 18.7. The molecular formula is C21H28N2O6S. The number of carbonyl (C=O) groups is 1. The monoisotopic (exact) mass is 436 g/mol. The molecule has 2 rings (SSSR count). The van der Waals surface area contributed by atoms with Gasteiger partial charge in [-0.2, -0.15) is 0 Å². The third kappa shape index (κ3) is 5.56. The van der Waals surface area contributed by atoms with Gasteiger partial charge in [0, 0.05) is 11.8 Å². The van der Waals surface area contributed by atoms with Gasteiger partial charge in [0.15, 0.2) is 11.5 Å². The highest BCUT2D eigenvalue weighted by Crippen LogP contribution is 2.30. The number of rotatable bonds is 10. The van der Waals surface area contributed by atoms with Crippen molar-refractivity contribution in [2.75, 3.05) is 36.7 Å². The molecule has 0 heterocycles. The maximum Gasteiger partial charge on any atom is 0.248 e. The van der Waals surface area contributed by atoms with E-state index < -0.39 is 22.0 Å². The Balaban J connectivity index is 2.34. The van der Waals surface area contributed by atoms with E-state index in [1.165, 1.54) is 14.2 Å². The lowest BCUT2D eigenvalue weighted by molar-refractivity contribution is -0.117. The number of nitrogens with one attached hydrogen (secondary N) is 1. The van der Waals surface area contributed by atoms with Crippen LogP contribution in [0.1, 0.15) is 20.3 Å². The van der Waals surface area contributed by atoms with E-state index in [-0.39, 0.29) is 6.42 Å². The van der Waals surface area contributed by atoms with E-state index in [4.69, 9.17) is 14.2 Å². The third-order valence-electron chi connectivity index (χ3n) is 4.38. The summed E-state index contributed by atoms with van der Waals surface area (Å²) in [7, 11) is -0.715. The van der Waals surface area contributed by atoms with E-state index in [2.05, 4.69) is 5.32 Å². The summed E-state index contributed by atoms with van der Waals surface area (Å²) in [5.41, 5.74) is 0.853. The predicted octanol–water partition coefficient (Wildman–Crippen LogP) is 3.29. The first-order chi connectivity index (χ1) is 14.2. The number of hydrogen-bond acceptors (Lipinski definition) is 6. The van der Waals surface area contributed by atoms with Crippen LogP contribution in [0.3, 0.4) is 0 Å². The van der Waals surface area contributed by atoms with Gasteiger partial charge in [-0.25, -0.2) is 8.42 Å². The van der Waals surface area contributed by atoms with Crippen molar-refractivity contribution >= 4 is 27.3 Å². The minimum atomic E-state index is -3.73. The van der Waals surface area contributed by atoms with Crippen molar-refractivity contribution in [3.63, 3.8) is 0 Å². The zero-order valence-electron chi connectivity index (χ0n) is 17.8. The highest BCUT2D eigenvalue weighted by atomic mass is 32.2. The normalized spacial score (nSPS) is 12.0. The fraction of sp³-hybridized carbons (Fsp3) is 0.381. The lowest BCUT2D eigenvalue weighted by Crippen LogP contribution is -2.47. The molecule has 164 valence electrons. The molecule has 0 saturated heterocycles. The zero-order chi connectivity index (χ0) is 22.3. The van der Waals surface area contributed by atoms with Crippen LogP contribution >= 0.6 is 0 Å². The lowest BCUT2D eigenvalue weighted by Gasteiger charge is -2.30. The molecule has 30 heavy (non-hydrogen) atoms. The van der Waals surface area contributed by atoms with Crippen LogP contribution in [-0.2, 0) is 14.8 Å². The molecule has 2 aromatic rings. The Kier molecular flexibility index (Phi) is 7.93. The molecule has 0 bridgehead atoms. The first kappa shape index (κ1) is 23.3. The molecule has 0 saturated carbocycles. The van der Waals surface area contributed by atoms with E-state index in [0.29, 0.717) is 35.2 Å². The molecule has 0 aromatic heterocycles. The standard InChI is InChI=1S/C21H28N2O6S/c1-6-18(21(24)22-15-8-13-19(27-3)20(14-15)28-4)23(30(5,25)26)16-9-11-17(12-10-16)29-7-2/h8-14,18H,6-7H2,1-5H3,(H,22,24). The molecule has 2 aromatic carbocycles. The van der Waals surface area contributed by atoms with Gasteiger partial charge < -0.3 is 19.5 Å². The van der Waals surface area contributed by atoms with Crippen LogP contribution in [0, 0.1) is 0 Å². The number of sulfonamides is 1. The number of hydrogen-bond donors (Lipinski definition) is 1. The summed E-state index contributed by atoms with van der Waals surface area (Å²) >= 11 is 0. The summed E-state index contributed by atoms with van der Waals surface area (Å²) in [5, 5.41) is 2.77. The van der Waals surface area contributed by atoms with Crippen LogP contribution in [0.25, 0.3) is 0 Å². The molecule has 0 aliphatic carbocycles. The number of carbonyl (C=O) groups excluding carboxylic acids is 1. The van der Waals surface area contributed by atoms with E-state index in [1.807, 2.05) is 6.92 Å². The van der Waals surface area contributed by atoms with Crippen LogP contribution < -0.4 is 23.8 Å². The molecule has 0 radical (unpaired) electrons. The van der Waals surface area contributed by atoms with Crippen LogP contribution in [0.4, 0.5) is 11.4 Å². The molecule has 8 nitrogen and oxygen atoms in total. The minimum absolute atomic E-state index is 0.277. The van der Waals surface area contributed by atoms with Crippen LogP contribution in [0.5, 0.6) is 17.2 Å². The van der Waals surface area contributed by atoms with Crippen molar-refractivity contribution < 1.29 is 27.4 Å². The van der Waals surface area contributed by atoms with Gasteiger partial charge in [0.05, 0.1) is 32.8 Å². The second-order valence-electron chi connectivity index (χ2n) is 6.47. The maximum atomic E-state index is 13.0. The highest BCUT2D eigenvalue weighted by molar-refractivity contribution is 7.92. The Bertz CT molecular complexity index is 960. The highest BCUT2D eigenvalue weighted by Gasteiger charge is 2.31.